The number of amides is 2. The van der Waals surface area contributed by atoms with Crippen LogP contribution >= 0.6 is 0 Å². The number of aromatic nitrogens is 2. The van der Waals surface area contributed by atoms with Crippen LogP contribution in [0.5, 0.6) is 0 Å². The lowest BCUT2D eigenvalue weighted by Gasteiger charge is -2.15. The van der Waals surface area contributed by atoms with Gasteiger partial charge in [-0.05, 0) is 29.8 Å². The van der Waals surface area contributed by atoms with Crippen LogP contribution < -0.4 is 10.6 Å². The van der Waals surface area contributed by atoms with Crippen molar-refractivity contribution < 1.29 is 18.4 Å². The van der Waals surface area contributed by atoms with Crippen LogP contribution in [0.1, 0.15) is 22.3 Å². The van der Waals surface area contributed by atoms with Crippen molar-refractivity contribution in [2.45, 2.75) is 24.9 Å². The highest BCUT2D eigenvalue weighted by atomic mass is 19.3. The molecule has 1 aliphatic carbocycles. The molecule has 0 saturated heterocycles. The molecule has 1 aromatic heterocycles. The van der Waals surface area contributed by atoms with E-state index >= 15 is 0 Å². The highest BCUT2D eigenvalue weighted by molar-refractivity contribution is 6.05. The lowest BCUT2D eigenvalue weighted by Crippen LogP contribution is -2.39. The number of alkyl halides is 2. The molecule has 1 fully saturated rings. The Kier molecular flexibility index (Phi) is 4.02. The summed E-state index contributed by atoms with van der Waals surface area (Å²) in [4.78, 5) is 26.4. The number of nitrogens with one attached hydrogen (secondary N) is 2. The summed E-state index contributed by atoms with van der Waals surface area (Å²) in [6.07, 6.45) is 1.42. The predicted octanol–water partition coefficient (Wildman–Crippen LogP) is 2.80. The number of hydrogen-bond donors (Lipinski definition) is 2. The van der Waals surface area contributed by atoms with Crippen molar-refractivity contribution in [1.82, 2.24) is 20.0 Å². The van der Waals surface area contributed by atoms with Crippen molar-refractivity contribution in [3.8, 4) is 0 Å². The standard InChI is InChI=1S/C21H19F2N5O2/c1-27-16-6-5-14(7-13(16)9-24-27)25-15-4-2-3-12-10-28(20(30)19(12)15)11-18(29)26-17-8-21(17,22)23/h2-7,9,17,25H,8,10-11H2,1H3,(H,26,29). The van der Waals surface area contributed by atoms with Gasteiger partial charge in [0.15, 0.2) is 0 Å². The van der Waals surface area contributed by atoms with Gasteiger partial charge in [0, 0.05) is 31.1 Å². The van der Waals surface area contributed by atoms with E-state index < -0.39 is 17.9 Å². The van der Waals surface area contributed by atoms with Crippen molar-refractivity contribution in [3.05, 3.63) is 53.7 Å². The van der Waals surface area contributed by atoms with Crippen molar-refractivity contribution >= 4 is 34.1 Å². The van der Waals surface area contributed by atoms with Crippen molar-refractivity contribution in [1.29, 1.82) is 0 Å². The summed E-state index contributed by atoms with van der Waals surface area (Å²) in [6.45, 7) is 0.0149. The van der Waals surface area contributed by atoms with E-state index in [4.69, 9.17) is 0 Å². The van der Waals surface area contributed by atoms with Crippen LogP contribution in [0.25, 0.3) is 10.9 Å². The first kappa shape index (κ1) is 18.5. The molecule has 1 atom stereocenters. The minimum atomic E-state index is -2.83. The minimum Gasteiger partial charge on any atom is -0.355 e. The molecule has 2 aliphatic rings. The number of fused-ring (bicyclic) bond motifs is 2. The molecule has 1 unspecified atom stereocenters. The quantitative estimate of drug-likeness (QED) is 0.677. The molecule has 7 nitrogen and oxygen atoms in total. The Morgan fingerprint density at radius 1 is 1.30 bits per heavy atom. The Hall–Kier alpha value is -3.49. The van der Waals surface area contributed by atoms with E-state index in [1.165, 1.54) is 4.90 Å². The Balaban J connectivity index is 1.33. The molecule has 154 valence electrons. The molecule has 0 spiro atoms. The number of rotatable bonds is 5. The van der Waals surface area contributed by atoms with Gasteiger partial charge in [-0.3, -0.25) is 14.3 Å². The molecule has 2 heterocycles. The molecule has 1 aliphatic heterocycles. The third-order valence-electron chi connectivity index (χ3n) is 5.53. The molecule has 2 N–H and O–H groups in total. The van der Waals surface area contributed by atoms with Gasteiger partial charge in [-0.15, -0.1) is 0 Å². The predicted molar refractivity (Wildman–Crippen MR) is 107 cm³/mol. The van der Waals surface area contributed by atoms with Gasteiger partial charge in [0.2, 0.25) is 5.91 Å². The fraction of sp³-hybridized carbons (Fsp3) is 0.286. The van der Waals surface area contributed by atoms with E-state index in [9.17, 15) is 18.4 Å². The third-order valence-corrected chi connectivity index (χ3v) is 5.53. The Labute approximate surface area is 170 Å². The first-order chi connectivity index (χ1) is 14.3. The largest absolute Gasteiger partial charge is 0.355 e. The number of aryl methyl sites for hydroxylation is 1. The zero-order valence-electron chi connectivity index (χ0n) is 16.2. The third kappa shape index (κ3) is 3.16. The summed E-state index contributed by atoms with van der Waals surface area (Å²) in [5.74, 6) is -3.71. The van der Waals surface area contributed by atoms with E-state index in [-0.39, 0.29) is 25.4 Å². The number of anilines is 2. The first-order valence-electron chi connectivity index (χ1n) is 9.59. The van der Waals surface area contributed by atoms with Crippen molar-refractivity contribution in [2.24, 2.45) is 7.05 Å². The molecule has 30 heavy (non-hydrogen) atoms. The summed E-state index contributed by atoms with van der Waals surface area (Å²) >= 11 is 0. The second-order valence-electron chi connectivity index (χ2n) is 7.75. The molecule has 0 radical (unpaired) electrons. The molecular formula is C21H19F2N5O2. The summed E-state index contributed by atoms with van der Waals surface area (Å²) in [7, 11) is 1.87. The number of carbonyl (C=O) groups excluding carboxylic acids is 2. The van der Waals surface area contributed by atoms with Gasteiger partial charge >= 0.3 is 0 Å². The number of benzene rings is 2. The van der Waals surface area contributed by atoms with E-state index in [0.717, 1.165) is 22.2 Å². The molecule has 3 aromatic rings. The summed E-state index contributed by atoms with van der Waals surface area (Å²) in [6, 6.07) is 10.1. The molecule has 2 aromatic carbocycles. The van der Waals surface area contributed by atoms with Crippen LogP contribution in [0.3, 0.4) is 0 Å². The molecule has 2 amide bonds. The van der Waals surface area contributed by atoms with Gasteiger partial charge in [0.05, 0.1) is 29.0 Å². The highest BCUT2D eigenvalue weighted by Crippen LogP contribution is 2.41. The van der Waals surface area contributed by atoms with Gasteiger partial charge < -0.3 is 15.5 Å². The van der Waals surface area contributed by atoms with E-state index in [2.05, 4.69) is 15.7 Å². The van der Waals surface area contributed by atoms with Crippen LogP contribution in [0.4, 0.5) is 20.2 Å². The van der Waals surface area contributed by atoms with Crippen LogP contribution in [0, 0.1) is 0 Å². The SMILES string of the molecule is Cn1ncc2cc(Nc3cccc4c3C(=O)N(CC(=O)NC3CC3(F)F)C4)ccc21. The van der Waals surface area contributed by atoms with E-state index in [1.54, 1.807) is 16.9 Å². The number of nitrogens with zero attached hydrogens (tertiary/aromatic N) is 3. The molecule has 1 saturated carbocycles. The number of carbonyl (C=O) groups is 2. The van der Waals surface area contributed by atoms with Gasteiger partial charge in [-0.2, -0.15) is 5.10 Å². The summed E-state index contributed by atoms with van der Waals surface area (Å²) < 4.78 is 27.8. The van der Waals surface area contributed by atoms with Crippen molar-refractivity contribution in [3.63, 3.8) is 0 Å². The van der Waals surface area contributed by atoms with Crippen molar-refractivity contribution in [2.75, 3.05) is 11.9 Å². The average molecular weight is 411 g/mol. The normalized spacial score (nSPS) is 19.1. The lowest BCUT2D eigenvalue weighted by molar-refractivity contribution is -0.122. The van der Waals surface area contributed by atoms with E-state index in [1.807, 2.05) is 37.4 Å². The Morgan fingerprint density at radius 3 is 2.87 bits per heavy atom. The van der Waals surface area contributed by atoms with Gasteiger partial charge in [0.25, 0.3) is 11.8 Å². The second-order valence-corrected chi connectivity index (χ2v) is 7.75. The van der Waals surface area contributed by atoms with Crippen LogP contribution in [0.2, 0.25) is 0 Å². The minimum absolute atomic E-state index is 0.249. The summed E-state index contributed by atoms with van der Waals surface area (Å²) in [5.41, 5.74) is 3.72. The van der Waals surface area contributed by atoms with Gasteiger partial charge in [-0.25, -0.2) is 8.78 Å². The number of hydrogen-bond acceptors (Lipinski definition) is 4. The average Bonchev–Trinajstić information content (AvgIpc) is 2.98. The van der Waals surface area contributed by atoms with E-state index in [0.29, 0.717) is 11.3 Å². The zero-order valence-corrected chi connectivity index (χ0v) is 16.2. The first-order valence-corrected chi connectivity index (χ1v) is 9.59. The number of halogens is 2. The molecule has 5 rings (SSSR count). The zero-order chi connectivity index (χ0) is 21.0. The molecule has 9 heteroatoms. The molecule has 0 bridgehead atoms. The fourth-order valence-electron chi connectivity index (χ4n) is 3.83. The molecular weight excluding hydrogens is 392 g/mol. The van der Waals surface area contributed by atoms with Crippen LogP contribution in [-0.2, 0) is 18.4 Å². The topological polar surface area (TPSA) is 79.3 Å². The van der Waals surface area contributed by atoms with Crippen LogP contribution in [-0.4, -0.2) is 45.0 Å². The Morgan fingerprint density at radius 2 is 2.10 bits per heavy atom. The maximum atomic E-state index is 13.0. The van der Waals surface area contributed by atoms with Gasteiger partial charge in [0.1, 0.15) is 6.54 Å². The second kappa shape index (κ2) is 6.51. The highest BCUT2D eigenvalue weighted by Gasteiger charge is 2.57. The monoisotopic (exact) mass is 411 g/mol. The Bertz CT molecular complexity index is 1190. The summed E-state index contributed by atoms with van der Waals surface area (Å²) in [5, 5.41) is 10.8. The lowest BCUT2D eigenvalue weighted by atomic mass is 10.1. The fourth-order valence-corrected chi connectivity index (χ4v) is 3.83. The van der Waals surface area contributed by atoms with Gasteiger partial charge in [-0.1, -0.05) is 12.1 Å². The van der Waals surface area contributed by atoms with Crippen LogP contribution in [0.15, 0.2) is 42.6 Å². The maximum absolute atomic E-state index is 13.0. The maximum Gasteiger partial charge on any atom is 0.270 e. The smallest absolute Gasteiger partial charge is 0.270 e.